The van der Waals surface area contributed by atoms with Crippen molar-refractivity contribution in [2.45, 2.75) is 0 Å². The molecule has 7 aromatic carbocycles. The van der Waals surface area contributed by atoms with E-state index in [1.807, 2.05) is 36.4 Å². The van der Waals surface area contributed by atoms with Gasteiger partial charge in [-0.3, -0.25) is 0 Å². The molecule has 0 amide bonds. The molecule has 0 unspecified atom stereocenters. The molecule has 10 aromatic rings. The van der Waals surface area contributed by atoms with Crippen LogP contribution in [0.1, 0.15) is 0 Å². The van der Waals surface area contributed by atoms with E-state index in [9.17, 15) is 0 Å². The van der Waals surface area contributed by atoms with Crippen molar-refractivity contribution in [2.75, 3.05) is 0 Å². The van der Waals surface area contributed by atoms with Crippen LogP contribution in [0.4, 0.5) is 0 Å². The molecule has 3 heterocycles. The smallest absolute Gasteiger partial charge is 0.165 e. The van der Waals surface area contributed by atoms with Gasteiger partial charge in [0.15, 0.2) is 17.5 Å². The normalized spacial score (nSPS) is 11.5. The fraction of sp³-hybridized carbons (Fsp3) is 0. The molecular formula is C43H25N9. The first-order valence-corrected chi connectivity index (χ1v) is 16.8. The van der Waals surface area contributed by atoms with Gasteiger partial charge in [0.05, 0.1) is 11.0 Å². The third-order valence-electron chi connectivity index (χ3n) is 9.36. The molecule has 0 saturated heterocycles. The zero-order valence-corrected chi connectivity index (χ0v) is 27.5. The van der Waals surface area contributed by atoms with Crippen LogP contribution in [0, 0.1) is 0 Å². The minimum absolute atomic E-state index is 0.585. The zero-order valence-electron chi connectivity index (χ0n) is 27.5. The lowest BCUT2D eigenvalue weighted by molar-refractivity contribution is 1.02. The van der Waals surface area contributed by atoms with Gasteiger partial charge in [0, 0.05) is 16.7 Å². The van der Waals surface area contributed by atoms with Gasteiger partial charge in [0.2, 0.25) is 0 Å². The van der Waals surface area contributed by atoms with E-state index in [0.717, 1.165) is 82.6 Å². The van der Waals surface area contributed by atoms with Crippen molar-refractivity contribution in [2.24, 2.45) is 0 Å². The van der Waals surface area contributed by atoms with Gasteiger partial charge < -0.3 is 0 Å². The summed E-state index contributed by atoms with van der Waals surface area (Å²) in [5.74, 6) is 1.78. The van der Waals surface area contributed by atoms with E-state index in [1.54, 1.807) is 0 Å². The highest BCUT2D eigenvalue weighted by Gasteiger charge is 2.17. The van der Waals surface area contributed by atoms with Gasteiger partial charge in [-0.05, 0) is 74.1 Å². The fourth-order valence-corrected chi connectivity index (χ4v) is 6.76. The minimum Gasteiger partial charge on any atom is -0.233 e. The van der Waals surface area contributed by atoms with Crippen molar-refractivity contribution in [3.8, 4) is 56.4 Å². The summed E-state index contributed by atoms with van der Waals surface area (Å²) < 4.78 is 0. The van der Waals surface area contributed by atoms with E-state index >= 15 is 0 Å². The van der Waals surface area contributed by atoms with Gasteiger partial charge in [-0.2, -0.15) is 0 Å². The first-order chi connectivity index (χ1) is 25.7. The summed E-state index contributed by atoms with van der Waals surface area (Å²) in [5, 5.41) is 20.8. The van der Waals surface area contributed by atoms with Crippen LogP contribution in [0.3, 0.4) is 0 Å². The van der Waals surface area contributed by atoms with Crippen LogP contribution in [0.15, 0.2) is 152 Å². The summed E-state index contributed by atoms with van der Waals surface area (Å²) in [6, 6.07) is 47.5. The van der Waals surface area contributed by atoms with Crippen LogP contribution >= 0.6 is 0 Å². The van der Waals surface area contributed by atoms with E-state index in [1.165, 1.54) is 12.7 Å². The Kier molecular flexibility index (Phi) is 6.92. The van der Waals surface area contributed by atoms with Crippen LogP contribution in [0.2, 0.25) is 0 Å². The maximum atomic E-state index is 5.17. The van der Waals surface area contributed by atoms with E-state index in [2.05, 4.69) is 133 Å². The number of benzene rings is 7. The van der Waals surface area contributed by atoms with Crippen LogP contribution in [-0.4, -0.2) is 45.3 Å². The molecule has 9 nitrogen and oxygen atoms in total. The van der Waals surface area contributed by atoms with Crippen molar-refractivity contribution in [1.82, 2.24) is 45.3 Å². The Labute approximate surface area is 296 Å². The Hall–Kier alpha value is -7.39. The topological polar surface area (TPSA) is 116 Å². The summed E-state index contributed by atoms with van der Waals surface area (Å²) in [5.41, 5.74) is 9.96. The lowest BCUT2D eigenvalue weighted by Crippen LogP contribution is -2.01. The molecule has 0 spiro atoms. The van der Waals surface area contributed by atoms with Gasteiger partial charge in [-0.1, -0.05) is 109 Å². The molecule has 0 N–H and O–H groups in total. The van der Waals surface area contributed by atoms with Gasteiger partial charge in [0.25, 0.3) is 0 Å². The van der Waals surface area contributed by atoms with Crippen molar-refractivity contribution < 1.29 is 0 Å². The SMILES string of the molecule is c1ccc2c(-c3nc(-c4ccc(-c5ccc6ncnnc6c5)cc4)nc(-c4ccc(-c5ccc6ncnnc6c5)cc4)n3)c3ccccc3cc2c1. The summed E-state index contributed by atoms with van der Waals surface area (Å²) in [6.45, 7) is 0. The second-order valence-electron chi connectivity index (χ2n) is 12.5. The minimum atomic E-state index is 0.585. The van der Waals surface area contributed by atoms with Gasteiger partial charge in [-0.15, -0.1) is 20.4 Å². The largest absolute Gasteiger partial charge is 0.233 e. The average molecular weight is 668 g/mol. The number of hydrogen-bond acceptors (Lipinski definition) is 9. The maximum Gasteiger partial charge on any atom is 0.165 e. The van der Waals surface area contributed by atoms with Crippen molar-refractivity contribution >= 4 is 43.6 Å². The summed E-state index contributed by atoms with van der Waals surface area (Å²) >= 11 is 0. The molecule has 0 aliphatic rings. The Morgan fingerprint density at radius 2 is 0.750 bits per heavy atom. The average Bonchev–Trinajstić information content (AvgIpc) is 3.22. The predicted octanol–water partition coefficient (Wildman–Crippen LogP) is 9.19. The molecule has 9 heteroatoms. The standard InChI is InChI=1S/C43H25N9/c1-3-7-34-32(5-1)21-33-6-2-4-8-35(33)40(34)43-49-41(28-13-9-26(10-14-28)30-17-19-36-38(22-30)51-46-24-44-36)48-42(50-43)29-15-11-27(12-16-29)31-18-20-37-39(23-31)52-47-25-45-37/h1-25H. The highest BCUT2D eigenvalue weighted by Crippen LogP contribution is 2.37. The van der Waals surface area contributed by atoms with E-state index < -0.39 is 0 Å². The monoisotopic (exact) mass is 667 g/mol. The van der Waals surface area contributed by atoms with Crippen LogP contribution in [0.5, 0.6) is 0 Å². The zero-order chi connectivity index (χ0) is 34.4. The summed E-state index contributed by atoms with van der Waals surface area (Å²) in [4.78, 5) is 24.0. The molecule has 0 fully saturated rings. The Bertz CT molecular complexity index is 2770. The fourth-order valence-electron chi connectivity index (χ4n) is 6.76. The molecule has 3 aromatic heterocycles. The molecule has 0 aliphatic carbocycles. The van der Waals surface area contributed by atoms with Crippen LogP contribution < -0.4 is 0 Å². The second kappa shape index (κ2) is 12.2. The number of nitrogens with zero attached hydrogens (tertiary/aromatic N) is 9. The van der Waals surface area contributed by atoms with Gasteiger partial charge >= 0.3 is 0 Å². The van der Waals surface area contributed by atoms with Crippen LogP contribution in [0.25, 0.3) is 100 Å². The number of hydrogen-bond donors (Lipinski definition) is 0. The maximum absolute atomic E-state index is 5.17. The van der Waals surface area contributed by atoms with Crippen LogP contribution in [-0.2, 0) is 0 Å². The third-order valence-corrected chi connectivity index (χ3v) is 9.36. The summed E-state index contributed by atoms with van der Waals surface area (Å²) in [7, 11) is 0. The molecular weight excluding hydrogens is 643 g/mol. The molecule has 52 heavy (non-hydrogen) atoms. The quantitative estimate of drug-likeness (QED) is 0.166. The molecule has 0 aliphatic heterocycles. The predicted molar refractivity (Wildman–Crippen MR) is 204 cm³/mol. The first-order valence-electron chi connectivity index (χ1n) is 16.8. The molecule has 0 saturated carbocycles. The van der Waals surface area contributed by atoms with E-state index in [0.29, 0.717) is 17.5 Å². The van der Waals surface area contributed by atoms with Gasteiger partial charge in [0.1, 0.15) is 23.7 Å². The summed E-state index contributed by atoms with van der Waals surface area (Å²) in [6.07, 6.45) is 2.92. The second-order valence-corrected chi connectivity index (χ2v) is 12.5. The van der Waals surface area contributed by atoms with Crippen molar-refractivity contribution in [1.29, 1.82) is 0 Å². The first kappa shape index (κ1) is 29.5. The molecule has 0 radical (unpaired) electrons. The number of aromatic nitrogens is 9. The lowest BCUT2D eigenvalue weighted by atomic mass is 9.96. The van der Waals surface area contributed by atoms with Crippen molar-refractivity contribution in [3.05, 3.63) is 152 Å². The Morgan fingerprint density at radius 1 is 0.327 bits per heavy atom. The molecule has 0 bridgehead atoms. The molecule has 0 atom stereocenters. The highest BCUT2D eigenvalue weighted by molar-refractivity contribution is 6.11. The number of fused-ring (bicyclic) bond motifs is 4. The van der Waals surface area contributed by atoms with E-state index in [-0.39, 0.29) is 0 Å². The Balaban J connectivity index is 1.11. The molecule has 242 valence electrons. The van der Waals surface area contributed by atoms with Crippen molar-refractivity contribution in [3.63, 3.8) is 0 Å². The third kappa shape index (κ3) is 5.24. The lowest BCUT2D eigenvalue weighted by Gasteiger charge is -2.13. The van der Waals surface area contributed by atoms with Gasteiger partial charge in [-0.25, -0.2) is 24.9 Å². The van der Waals surface area contributed by atoms with E-state index in [4.69, 9.17) is 15.0 Å². The number of rotatable bonds is 5. The highest BCUT2D eigenvalue weighted by atomic mass is 15.1. The Morgan fingerprint density at radius 3 is 1.25 bits per heavy atom. The molecule has 10 rings (SSSR count).